The van der Waals surface area contributed by atoms with Crippen LogP contribution < -0.4 is 5.90 Å². The third-order valence-corrected chi connectivity index (χ3v) is 5.16. The summed E-state index contributed by atoms with van der Waals surface area (Å²) < 4.78 is 26.7. The van der Waals surface area contributed by atoms with Gasteiger partial charge in [0.2, 0.25) is 10.0 Å². The van der Waals surface area contributed by atoms with Crippen LogP contribution in [0.3, 0.4) is 0 Å². The van der Waals surface area contributed by atoms with Crippen LogP contribution in [0.1, 0.15) is 6.42 Å². The summed E-state index contributed by atoms with van der Waals surface area (Å²) in [7, 11) is -3.42. The molecule has 0 aromatic heterocycles. The van der Waals surface area contributed by atoms with Crippen molar-refractivity contribution in [2.75, 3.05) is 13.1 Å². The first-order valence-electron chi connectivity index (χ1n) is 5.15. The lowest BCUT2D eigenvalue weighted by molar-refractivity contribution is 0.0642. The number of sulfonamides is 1. The number of nitrogens with two attached hydrogens (primary N) is 1. The minimum absolute atomic E-state index is 0.208. The van der Waals surface area contributed by atoms with Crippen LogP contribution in [0, 0.1) is 0 Å². The Morgan fingerprint density at radius 3 is 2.53 bits per heavy atom. The van der Waals surface area contributed by atoms with Crippen LogP contribution in [-0.2, 0) is 14.9 Å². The molecule has 1 aromatic rings. The second-order valence-corrected chi connectivity index (χ2v) is 6.72. The number of rotatable bonds is 3. The van der Waals surface area contributed by atoms with E-state index in [1.807, 2.05) is 0 Å². The molecule has 1 unspecified atom stereocenters. The van der Waals surface area contributed by atoms with Gasteiger partial charge < -0.3 is 0 Å². The lowest BCUT2D eigenvalue weighted by Gasteiger charge is -2.16. The first-order valence-corrected chi connectivity index (χ1v) is 7.38. The van der Waals surface area contributed by atoms with Gasteiger partial charge in [0.15, 0.2) is 0 Å². The van der Waals surface area contributed by atoms with Crippen molar-refractivity contribution in [3.05, 3.63) is 28.7 Å². The van der Waals surface area contributed by atoms with Crippen LogP contribution in [0.15, 0.2) is 33.6 Å². The Kier molecular flexibility index (Phi) is 3.84. The van der Waals surface area contributed by atoms with Gasteiger partial charge in [-0.1, -0.05) is 15.9 Å². The molecule has 7 heteroatoms. The fraction of sp³-hybridized carbons (Fsp3) is 0.400. The SMILES string of the molecule is NOC1CCN(S(=O)(=O)c2ccc(Br)cc2)C1. The molecular weight excluding hydrogens is 308 g/mol. The highest BCUT2D eigenvalue weighted by molar-refractivity contribution is 9.10. The Morgan fingerprint density at radius 2 is 2.00 bits per heavy atom. The van der Waals surface area contributed by atoms with E-state index in [1.54, 1.807) is 24.3 Å². The van der Waals surface area contributed by atoms with Crippen molar-refractivity contribution in [3.63, 3.8) is 0 Å². The second kappa shape index (κ2) is 5.03. The molecule has 1 aliphatic heterocycles. The highest BCUT2D eigenvalue weighted by atomic mass is 79.9. The standard InChI is InChI=1S/C10H13BrN2O3S/c11-8-1-3-10(4-2-8)17(14,15)13-6-5-9(7-13)16-12/h1-4,9H,5-7,12H2. The van der Waals surface area contributed by atoms with Crippen LogP contribution in [-0.4, -0.2) is 31.9 Å². The van der Waals surface area contributed by atoms with Crippen LogP contribution in [0.4, 0.5) is 0 Å². The average molecular weight is 321 g/mol. The van der Waals surface area contributed by atoms with E-state index in [-0.39, 0.29) is 6.10 Å². The number of hydrogen-bond acceptors (Lipinski definition) is 4. The van der Waals surface area contributed by atoms with E-state index >= 15 is 0 Å². The average Bonchev–Trinajstić information content (AvgIpc) is 2.78. The lowest BCUT2D eigenvalue weighted by Crippen LogP contribution is -2.30. The zero-order chi connectivity index (χ0) is 12.5. The molecule has 0 amide bonds. The van der Waals surface area contributed by atoms with Gasteiger partial charge in [-0.05, 0) is 30.7 Å². The zero-order valence-corrected chi connectivity index (χ0v) is 11.4. The maximum Gasteiger partial charge on any atom is 0.243 e. The smallest absolute Gasteiger partial charge is 0.243 e. The third-order valence-electron chi connectivity index (χ3n) is 2.75. The third kappa shape index (κ3) is 2.69. The summed E-state index contributed by atoms with van der Waals surface area (Å²) in [6, 6.07) is 6.58. The van der Waals surface area contributed by atoms with E-state index in [1.165, 1.54) is 4.31 Å². The minimum Gasteiger partial charge on any atom is -0.300 e. The summed E-state index contributed by atoms with van der Waals surface area (Å²) in [5, 5.41) is 0. The largest absolute Gasteiger partial charge is 0.300 e. The van der Waals surface area contributed by atoms with Crippen molar-refractivity contribution in [1.82, 2.24) is 4.31 Å². The van der Waals surface area contributed by atoms with E-state index < -0.39 is 10.0 Å². The summed E-state index contributed by atoms with van der Waals surface area (Å²) in [4.78, 5) is 4.97. The summed E-state index contributed by atoms with van der Waals surface area (Å²) >= 11 is 3.27. The molecule has 1 aromatic carbocycles. The van der Waals surface area contributed by atoms with Gasteiger partial charge in [0.25, 0.3) is 0 Å². The van der Waals surface area contributed by atoms with Crippen LogP contribution in [0.2, 0.25) is 0 Å². The van der Waals surface area contributed by atoms with Crippen LogP contribution >= 0.6 is 15.9 Å². The molecule has 17 heavy (non-hydrogen) atoms. The fourth-order valence-corrected chi connectivity index (χ4v) is 3.53. The van der Waals surface area contributed by atoms with Gasteiger partial charge in [-0.15, -0.1) is 0 Å². The number of halogens is 1. The maximum absolute atomic E-state index is 12.2. The maximum atomic E-state index is 12.2. The first kappa shape index (κ1) is 13.0. The molecule has 2 rings (SSSR count). The van der Waals surface area contributed by atoms with Gasteiger partial charge in [-0.25, -0.2) is 14.3 Å². The highest BCUT2D eigenvalue weighted by Gasteiger charge is 2.32. The molecule has 1 fully saturated rings. The number of benzene rings is 1. The first-order chi connectivity index (χ1) is 8.04. The molecule has 1 atom stereocenters. The number of nitrogens with zero attached hydrogens (tertiary/aromatic N) is 1. The van der Waals surface area contributed by atoms with Crippen molar-refractivity contribution in [3.8, 4) is 0 Å². The predicted octanol–water partition coefficient (Wildman–Crippen LogP) is 1.10. The Labute approximate surface area is 109 Å². The van der Waals surface area contributed by atoms with Gasteiger partial charge in [0, 0.05) is 17.6 Å². The van der Waals surface area contributed by atoms with Crippen molar-refractivity contribution in [2.45, 2.75) is 17.4 Å². The van der Waals surface area contributed by atoms with E-state index in [0.29, 0.717) is 24.4 Å². The minimum atomic E-state index is -3.42. The zero-order valence-electron chi connectivity index (χ0n) is 9.04. The van der Waals surface area contributed by atoms with E-state index in [0.717, 1.165) is 4.47 Å². The molecular formula is C10H13BrN2O3S. The van der Waals surface area contributed by atoms with E-state index in [9.17, 15) is 8.42 Å². The van der Waals surface area contributed by atoms with Crippen molar-refractivity contribution < 1.29 is 13.3 Å². The van der Waals surface area contributed by atoms with Crippen molar-refractivity contribution in [1.29, 1.82) is 0 Å². The Bertz CT molecular complexity index is 489. The monoisotopic (exact) mass is 320 g/mol. The van der Waals surface area contributed by atoms with E-state index in [4.69, 9.17) is 5.90 Å². The molecule has 0 bridgehead atoms. The molecule has 1 heterocycles. The second-order valence-electron chi connectivity index (χ2n) is 3.86. The van der Waals surface area contributed by atoms with Gasteiger partial charge >= 0.3 is 0 Å². The van der Waals surface area contributed by atoms with Crippen LogP contribution in [0.5, 0.6) is 0 Å². The molecule has 0 aliphatic carbocycles. The van der Waals surface area contributed by atoms with Gasteiger partial charge in [-0.2, -0.15) is 4.31 Å². The molecule has 94 valence electrons. The molecule has 2 N–H and O–H groups in total. The quantitative estimate of drug-likeness (QED) is 0.846. The summed E-state index contributed by atoms with van der Waals surface area (Å²) in [6.45, 7) is 0.759. The molecule has 5 nitrogen and oxygen atoms in total. The van der Waals surface area contributed by atoms with E-state index in [2.05, 4.69) is 20.8 Å². The van der Waals surface area contributed by atoms with Gasteiger partial charge in [0.1, 0.15) is 0 Å². The summed E-state index contributed by atoms with van der Waals surface area (Å²) in [5.74, 6) is 5.07. The molecule has 0 spiro atoms. The topological polar surface area (TPSA) is 72.6 Å². The Balaban J connectivity index is 2.22. The summed E-state index contributed by atoms with van der Waals surface area (Å²) in [5.41, 5.74) is 0. The lowest BCUT2D eigenvalue weighted by atomic mass is 10.3. The van der Waals surface area contributed by atoms with Crippen molar-refractivity contribution >= 4 is 26.0 Å². The van der Waals surface area contributed by atoms with Gasteiger partial charge in [-0.3, -0.25) is 4.84 Å². The Morgan fingerprint density at radius 1 is 1.35 bits per heavy atom. The molecule has 1 aliphatic rings. The number of hydrogen-bond donors (Lipinski definition) is 1. The normalized spacial score (nSPS) is 21.9. The van der Waals surface area contributed by atoms with Gasteiger partial charge in [0.05, 0.1) is 11.0 Å². The summed E-state index contributed by atoms with van der Waals surface area (Å²) in [6.07, 6.45) is 0.423. The fourth-order valence-electron chi connectivity index (χ4n) is 1.78. The molecule has 1 saturated heterocycles. The van der Waals surface area contributed by atoms with Crippen LogP contribution in [0.25, 0.3) is 0 Å². The highest BCUT2D eigenvalue weighted by Crippen LogP contribution is 2.23. The van der Waals surface area contributed by atoms with Crippen molar-refractivity contribution in [2.24, 2.45) is 5.90 Å². The molecule has 0 radical (unpaired) electrons. The molecule has 0 saturated carbocycles. The Hall–Kier alpha value is -0.470. The predicted molar refractivity (Wildman–Crippen MR) is 66.6 cm³/mol.